The molecular weight excluding hydrogens is 402 g/mol. The first-order valence-corrected chi connectivity index (χ1v) is 11.1. The average Bonchev–Trinajstić information content (AvgIpc) is 3.21. The fraction of sp³-hybridized carbons (Fsp3) is 0.182. The first-order chi connectivity index (χ1) is 14.2. The normalized spacial score (nSPS) is 11.6. The van der Waals surface area contributed by atoms with Crippen LogP contribution in [-0.2, 0) is 16.6 Å². The lowest BCUT2D eigenvalue weighted by Crippen LogP contribution is -2.29. The lowest BCUT2D eigenvalue weighted by Gasteiger charge is -2.23. The molecule has 1 amide bonds. The number of nitrogens with one attached hydrogen (secondary N) is 1. The molecule has 0 atom stereocenters. The number of furan rings is 1. The summed E-state index contributed by atoms with van der Waals surface area (Å²) in [5.41, 5.74) is 6.31. The van der Waals surface area contributed by atoms with Gasteiger partial charge in [-0.3, -0.25) is 9.10 Å². The molecule has 2 aromatic carbocycles. The van der Waals surface area contributed by atoms with Crippen LogP contribution in [0.2, 0.25) is 0 Å². The second kappa shape index (κ2) is 8.96. The highest BCUT2D eigenvalue weighted by Gasteiger charge is 2.18. The van der Waals surface area contributed by atoms with Gasteiger partial charge in [-0.2, -0.15) is 5.10 Å². The van der Waals surface area contributed by atoms with Crippen LogP contribution < -0.4 is 9.73 Å². The van der Waals surface area contributed by atoms with Crippen LogP contribution in [0.1, 0.15) is 32.8 Å². The summed E-state index contributed by atoms with van der Waals surface area (Å²) in [6.07, 6.45) is 4.10. The Morgan fingerprint density at radius 2 is 1.83 bits per heavy atom. The Bertz CT molecular complexity index is 1150. The number of sulfonamides is 1. The number of carbonyl (C=O) groups excluding carboxylic acids is 1. The molecule has 0 spiro atoms. The SMILES string of the molecule is Cc1ccc(N(Cc2ccc(C(=O)N/N=C/c3ccco3)cc2)S(C)(=O)=O)cc1C. The zero-order valence-electron chi connectivity index (χ0n) is 17.0. The molecule has 1 N–H and O–H groups in total. The van der Waals surface area contributed by atoms with E-state index in [1.54, 1.807) is 42.5 Å². The van der Waals surface area contributed by atoms with Crippen LogP contribution in [0.15, 0.2) is 70.4 Å². The second-order valence-electron chi connectivity index (χ2n) is 6.95. The number of hydrazone groups is 1. The van der Waals surface area contributed by atoms with Gasteiger partial charge < -0.3 is 4.42 Å². The van der Waals surface area contributed by atoms with Gasteiger partial charge in [0.25, 0.3) is 5.91 Å². The minimum atomic E-state index is -3.48. The van der Waals surface area contributed by atoms with Gasteiger partial charge in [-0.1, -0.05) is 18.2 Å². The topological polar surface area (TPSA) is 92.0 Å². The van der Waals surface area contributed by atoms with E-state index in [4.69, 9.17) is 4.42 Å². The van der Waals surface area contributed by atoms with Gasteiger partial charge in [-0.05, 0) is 66.9 Å². The van der Waals surface area contributed by atoms with E-state index in [1.165, 1.54) is 23.0 Å². The summed E-state index contributed by atoms with van der Waals surface area (Å²) in [5, 5.41) is 3.84. The van der Waals surface area contributed by atoms with E-state index in [9.17, 15) is 13.2 Å². The Balaban J connectivity index is 1.72. The van der Waals surface area contributed by atoms with Gasteiger partial charge in [0.1, 0.15) is 5.76 Å². The van der Waals surface area contributed by atoms with Gasteiger partial charge in [-0.15, -0.1) is 0 Å². The third kappa shape index (κ3) is 5.36. The predicted molar refractivity (Wildman–Crippen MR) is 117 cm³/mol. The van der Waals surface area contributed by atoms with E-state index in [-0.39, 0.29) is 12.5 Å². The van der Waals surface area contributed by atoms with Crippen molar-refractivity contribution >= 4 is 27.8 Å². The molecule has 8 heteroatoms. The Labute approximate surface area is 176 Å². The predicted octanol–water partition coefficient (Wildman–Crippen LogP) is 3.63. The molecule has 0 bridgehead atoms. The van der Waals surface area contributed by atoms with Crippen LogP contribution >= 0.6 is 0 Å². The Hall–Kier alpha value is -3.39. The number of amides is 1. The number of aryl methyl sites for hydroxylation is 2. The van der Waals surface area contributed by atoms with Crippen molar-refractivity contribution in [2.24, 2.45) is 5.10 Å². The number of hydrogen-bond acceptors (Lipinski definition) is 5. The van der Waals surface area contributed by atoms with E-state index in [0.29, 0.717) is 17.0 Å². The maximum absolute atomic E-state index is 12.4. The zero-order chi connectivity index (χ0) is 21.7. The molecule has 3 rings (SSSR count). The highest BCUT2D eigenvalue weighted by atomic mass is 32.2. The van der Waals surface area contributed by atoms with Crippen LogP contribution in [0.5, 0.6) is 0 Å². The number of rotatable bonds is 7. The van der Waals surface area contributed by atoms with Crippen molar-refractivity contribution in [3.63, 3.8) is 0 Å². The molecule has 3 aromatic rings. The molecule has 0 saturated carbocycles. The van der Waals surface area contributed by atoms with Crippen molar-refractivity contribution in [1.82, 2.24) is 5.43 Å². The molecule has 30 heavy (non-hydrogen) atoms. The van der Waals surface area contributed by atoms with Gasteiger partial charge in [0.15, 0.2) is 0 Å². The first-order valence-electron chi connectivity index (χ1n) is 9.25. The van der Waals surface area contributed by atoms with Crippen LogP contribution in [0.4, 0.5) is 5.69 Å². The molecule has 0 fully saturated rings. The van der Waals surface area contributed by atoms with Crippen LogP contribution in [0.3, 0.4) is 0 Å². The number of benzene rings is 2. The Kier molecular flexibility index (Phi) is 6.37. The van der Waals surface area contributed by atoms with Crippen LogP contribution in [0.25, 0.3) is 0 Å². The standard InChI is InChI=1S/C22H23N3O4S/c1-16-6-11-20(13-17(16)2)25(30(3,27)28)15-18-7-9-19(10-8-18)22(26)24-23-14-21-5-4-12-29-21/h4-14H,15H2,1-3H3,(H,24,26)/b23-14+. The summed E-state index contributed by atoms with van der Waals surface area (Å²) in [5.74, 6) is 0.149. The van der Waals surface area contributed by atoms with E-state index in [2.05, 4.69) is 10.5 Å². The second-order valence-corrected chi connectivity index (χ2v) is 8.86. The molecule has 0 aliphatic carbocycles. The third-order valence-corrected chi connectivity index (χ3v) is 5.76. The fourth-order valence-corrected chi connectivity index (χ4v) is 3.67. The Morgan fingerprint density at radius 3 is 2.43 bits per heavy atom. The quantitative estimate of drug-likeness (QED) is 0.462. The number of nitrogens with zero attached hydrogens (tertiary/aromatic N) is 2. The molecule has 0 saturated heterocycles. The molecule has 0 aliphatic heterocycles. The highest BCUT2D eigenvalue weighted by molar-refractivity contribution is 7.92. The van der Waals surface area contributed by atoms with Crippen LogP contribution in [-0.4, -0.2) is 26.8 Å². The summed E-state index contributed by atoms with van der Waals surface area (Å²) in [6, 6.07) is 15.7. The van der Waals surface area contributed by atoms with E-state index < -0.39 is 10.0 Å². The van der Waals surface area contributed by atoms with Crippen molar-refractivity contribution in [3.05, 3.63) is 88.9 Å². The fourth-order valence-electron chi connectivity index (χ4n) is 2.79. The highest BCUT2D eigenvalue weighted by Crippen LogP contribution is 2.23. The first kappa shape index (κ1) is 21.3. The van der Waals surface area contributed by atoms with Crippen molar-refractivity contribution in [3.8, 4) is 0 Å². The molecule has 0 unspecified atom stereocenters. The lowest BCUT2D eigenvalue weighted by atomic mass is 10.1. The number of carbonyl (C=O) groups is 1. The molecule has 156 valence electrons. The van der Waals surface area contributed by atoms with Crippen molar-refractivity contribution in [1.29, 1.82) is 0 Å². The molecule has 1 aromatic heterocycles. The smallest absolute Gasteiger partial charge is 0.271 e. The van der Waals surface area contributed by atoms with Crippen molar-refractivity contribution < 1.29 is 17.6 Å². The van der Waals surface area contributed by atoms with Gasteiger partial charge >= 0.3 is 0 Å². The number of anilines is 1. The largest absolute Gasteiger partial charge is 0.463 e. The lowest BCUT2D eigenvalue weighted by molar-refractivity contribution is 0.0955. The third-order valence-electron chi connectivity index (χ3n) is 4.62. The molecular formula is C22H23N3O4S. The van der Waals surface area contributed by atoms with E-state index in [1.807, 2.05) is 26.0 Å². The Morgan fingerprint density at radius 1 is 1.10 bits per heavy atom. The number of hydrogen-bond donors (Lipinski definition) is 1. The summed E-state index contributed by atoms with van der Waals surface area (Å²) < 4.78 is 31.2. The maximum Gasteiger partial charge on any atom is 0.271 e. The average molecular weight is 426 g/mol. The molecule has 0 aliphatic rings. The monoisotopic (exact) mass is 425 g/mol. The summed E-state index contributed by atoms with van der Waals surface area (Å²) in [4.78, 5) is 12.2. The minimum absolute atomic E-state index is 0.167. The minimum Gasteiger partial charge on any atom is -0.463 e. The van der Waals surface area contributed by atoms with Gasteiger partial charge in [0.05, 0.1) is 31.0 Å². The van der Waals surface area contributed by atoms with E-state index in [0.717, 1.165) is 16.7 Å². The molecule has 7 nitrogen and oxygen atoms in total. The zero-order valence-corrected chi connectivity index (χ0v) is 17.8. The van der Waals surface area contributed by atoms with E-state index >= 15 is 0 Å². The summed E-state index contributed by atoms with van der Waals surface area (Å²) >= 11 is 0. The van der Waals surface area contributed by atoms with Crippen LogP contribution in [0, 0.1) is 13.8 Å². The van der Waals surface area contributed by atoms with Gasteiger partial charge in [0.2, 0.25) is 10.0 Å². The van der Waals surface area contributed by atoms with Gasteiger partial charge in [-0.25, -0.2) is 13.8 Å². The van der Waals surface area contributed by atoms with Crippen molar-refractivity contribution in [2.45, 2.75) is 20.4 Å². The summed E-state index contributed by atoms with van der Waals surface area (Å²) in [7, 11) is -3.48. The van der Waals surface area contributed by atoms with Gasteiger partial charge in [0, 0.05) is 5.56 Å². The van der Waals surface area contributed by atoms with Crippen molar-refractivity contribution in [2.75, 3.05) is 10.6 Å². The molecule has 1 heterocycles. The summed E-state index contributed by atoms with van der Waals surface area (Å²) in [6.45, 7) is 4.09. The maximum atomic E-state index is 12.4. The molecule has 0 radical (unpaired) electrons.